The summed E-state index contributed by atoms with van der Waals surface area (Å²) in [5.41, 5.74) is 2.34. The number of nitrogens with zero attached hydrogens (tertiary/aromatic N) is 3. The Labute approximate surface area is 156 Å². The van der Waals surface area contributed by atoms with Crippen molar-refractivity contribution in [1.82, 2.24) is 9.97 Å². The molecule has 27 heavy (non-hydrogen) atoms. The Bertz CT molecular complexity index is 947. The molecular formula is C19H19N5O3. The van der Waals surface area contributed by atoms with E-state index in [1.54, 1.807) is 6.07 Å². The molecule has 0 aliphatic rings. The molecule has 0 aliphatic carbocycles. The molecule has 0 saturated carbocycles. The summed E-state index contributed by atoms with van der Waals surface area (Å²) in [7, 11) is 1.54. The molecule has 3 aromatic rings. The SMILES string of the molecule is COc1ccc(C)cc1Nc1ncnc(NCc2ccccc2)c1[N+](=O)[O-]. The monoisotopic (exact) mass is 365 g/mol. The van der Waals surface area contributed by atoms with Crippen LogP contribution < -0.4 is 15.4 Å². The second-order valence-corrected chi connectivity index (χ2v) is 5.84. The average molecular weight is 365 g/mol. The van der Waals surface area contributed by atoms with Crippen LogP contribution in [0.1, 0.15) is 11.1 Å². The molecule has 3 rings (SSSR count). The van der Waals surface area contributed by atoms with Crippen molar-refractivity contribution in [2.45, 2.75) is 13.5 Å². The molecule has 0 atom stereocenters. The lowest BCUT2D eigenvalue weighted by molar-refractivity contribution is -0.383. The fourth-order valence-corrected chi connectivity index (χ4v) is 2.60. The van der Waals surface area contributed by atoms with Crippen molar-refractivity contribution in [3.63, 3.8) is 0 Å². The molecule has 0 saturated heterocycles. The third-order valence-corrected chi connectivity index (χ3v) is 3.92. The molecule has 138 valence electrons. The van der Waals surface area contributed by atoms with E-state index in [0.717, 1.165) is 11.1 Å². The first-order valence-electron chi connectivity index (χ1n) is 8.27. The number of benzene rings is 2. The minimum Gasteiger partial charge on any atom is -0.495 e. The number of aromatic nitrogens is 2. The third-order valence-electron chi connectivity index (χ3n) is 3.92. The van der Waals surface area contributed by atoms with Gasteiger partial charge in [0, 0.05) is 6.54 Å². The van der Waals surface area contributed by atoms with E-state index < -0.39 is 4.92 Å². The van der Waals surface area contributed by atoms with Gasteiger partial charge in [0.25, 0.3) is 0 Å². The Hall–Kier alpha value is -3.68. The first kappa shape index (κ1) is 18.1. The zero-order chi connectivity index (χ0) is 19.2. The molecule has 0 spiro atoms. The minimum atomic E-state index is -0.502. The summed E-state index contributed by atoms with van der Waals surface area (Å²) in [4.78, 5) is 19.3. The molecule has 0 bridgehead atoms. The van der Waals surface area contributed by atoms with E-state index in [2.05, 4.69) is 20.6 Å². The molecule has 8 heteroatoms. The molecular weight excluding hydrogens is 346 g/mol. The molecule has 0 radical (unpaired) electrons. The number of anilines is 3. The third kappa shape index (κ3) is 4.30. The Morgan fingerprint density at radius 1 is 1.11 bits per heavy atom. The Balaban J connectivity index is 1.92. The number of methoxy groups -OCH3 is 1. The van der Waals surface area contributed by atoms with Gasteiger partial charge in [-0.1, -0.05) is 36.4 Å². The molecule has 2 aromatic carbocycles. The number of hydrogen-bond donors (Lipinski definition) is 2. The molecule has 0 amide bonds. The standard InChI is InChI=1S/C19H19N5O3/c1-13-8-9-16(27-2)15(10-13)23-19-17(24(25)26)18(21-12-22-19)20-11-14-6-4-3-5-7-14/h3-10,12H,11H2,1-2H3,(H2,20,21,22,23). The van der Waals surface area contributed by atoms with Gasteiger partial charge in [-0.3, -0.25) is 10.1 Å². The highest BCUT2D eigenvalue weighted by Crippen LogP contribution is 2.34. The van der Waals surface area contributed by atoms with Gasteiger partial charge in [0.05, 0.1) is 17.7 Å². The predicted molar refractivity (Wildman–Crippen MR) is 103 cm³/mol. The van der Waals surface area contributed by atoms with Crippen molar-refractivity contribution in [2.75, 3.05) is 17.7 Å². The second kappa shape index (κ2) is 8.13. The molecule has 8 nitrogen and oxygen atoms in total. The number of aryl methyl sites for hydroxylation is 1. The van der Waals surface area contributed by atoms with Gasteiger partial charge in [0.1, 0.15) is 12.1 Å². The Morgan fingerprint density at radius 2 is 1.85 bits per heavy atom. The molecule has 0 aliphatic heterocycles. The van der Waals surface area contributed by atoms with Crippen molar-refractivity contribution in [2.24, 2.45) is 0 Å². The van der Waals surface area contributed by atoms with Crippen LogP contribution in [0.25, 0.3) is 0 Å². The van der Waals surface area contributed by atoms with Gasteiger partial charge >= 0.3 is 5.69 Å². The molecule has 1 aromatic heterocycles. The highest BCUT2D eigenvalue weighted by Gasteiger charge is 2.23. The van der Waals surface area contributed by atoms with Crippen LogP contribution in [0.2, 0.25) is 0 Å². The molecule has 2 N–H and O–H groups in total. The molecule has 0 fully saturated rings. The van der Waals surface area contributed by atoms with Crippen molar-refractivity contribution >= 4 is 23.0 Å². The first-order chi connectivity index (χ1) is 13.1. The smallest absolute Gasteiger partial charge is 0.353 e. The van der Waals surface area contributed by atoms with E-state index in [4.69, 9.17) is 4.74 Å². The van der Waals surface area contributed by atoms with E-state index in [0.29, 0.717) is 18.0 Å². The fourth-order valence-electron chi connectivity index (χ4n) is 2.60. The van der Waals surface area contributed by atoms with E-state index >= 15 is 0 Å². The van der Waals surface area contributed by atoms with Crippen LogP contribution in [0.15, 0.2) is 54.9 Å². The van der Waals surface area contributed by atoms with Gasteiger partial charge in [-0.15, -0.1) is 0 Å². The highest BCUT2D eigenvalue weighted by atomic mass is 16.6. The average Bonchev–Trinajstić information content (AvgIpc) is 2.67. The summed E-state index contributed by atoms with van der Waals surface area (Å²) >= 11 is 0. The number of nitro groups is 1. The van der Waals surface area contributed by atoms with E-state index in [1.807, 2.05) is 49.4 Å². The summed E-state index contributed by atoms with van der Waals surface area (Å²) in [6.45, 7) is 2.33. The van der Waals surface area contributed by atoms with Crippen LogP contribution in [0.3, 0.4) is 0 Å². The predicted octanol–water partition coefficient (Wildman–Crippen LogP) is 4.06. The molecule has 1 heterocycles. The minimum absolute atomic E-state index is 0.0921. The van der Waals surface area contributed by atoms with E-state index in [1.165, 1.54) is 13.4 Å². The zero-order valence-corrected chi connectivity index (χ0v) is 15.0. The molecule has 0 unspecified atom stereocenters. The quantitative estimate of drug-likeness (QED) is 0.481. The lowest BCUT2D eigenvalue weighted by Gasteiger charge is -2.13. The Morgan fingerprint density at radius 3 is 2.56 bits per heavy atom. The van der Waals surface area contributed by atoms with Gasteiger partial charge in [-0.05, 0) is 30.2 Å². The largest absolute Gasteiger partial charge is 0.495 e. The lowest BCUT2D eigenvalue weighted by atomic mass is 10.2. The van der Waals surface area contributed by atoms with Crippen LogP contribution in [-0.2, 0) is 6.54 Å². The van der Waals surface area contributed by atoms with Crippen molar-refractivity contribution in [3.8, 4) is 5.75 Å². The number of ether oxygens (including phenoxy) is 1. The van der Waals surface area contributed by atoms with Gasteiger partial charge in [0.2, 0.25) is 11.6 Å². The topological polar surface area (TPSA) is 102 Å². The number of nitrogens with one attached hydrogen (secondary N) is 2. The van der Waals surface area contributed by atoms with Crippen LogP contribution in [0, 0.1) is 17.0 Å². The van der Waals surface area contributed by atoms with Crippen molar-refractivity contribution in [1.29, 1.82) is 0 Å². The summed E-state index contributed by atoms with van der Waals surface area (Å²) in [5, 5.41) is 17.7. The first-order valence-corrected chi connectivity index (χ1v) is 8.27. The van der Waals surface area contributed by atoms with E-state index in [9.17, 15) is 10.1 Å². The zero-order valence-electron chi connectivity index (χ0n) is 15.0. The number of hydrogen-bond acceptors (Lipinski definition) is 7. The van der Waals surface area contributed by atoms with Gasteiger partial charge in [-0.2, -0.15) is 0 Å². The summed E-state index contributed by atoms with van der Waals surface area (Å²) in [6.07, 6.45) is 1.28. The van der Waals surface area contributed by atoms with Crippen LogP contribution in [0.4, 0.5) is 23.0 Å². The summed E-state index contributed by atoms with van der Waals surface area (Å²) in [5.74, 6) is 0.801. The van der Waals surface area contributed by atoms with Crippen LogP contribution in [0.5, 0.6) is 5.75 Å². The van der Waals surface area contributed by atoms with Gasteiger partial charge in [-0.25, -0.2) is 9.97 Å². The normalized spacial score (nSPS) is 10.3. The maximum Gasteiger partial charge on any atom is 0.353 e. The lowest BCUT2D eigenvalue weighted by Crippen LogP contribution is -2.08. The van der Waals surface area contributed by atoms with Crippen LogP contribution in [-0.4, -0.2) is 22.0 Å². The van der Waals surface area contributed by atoms with E-state index in [-0.39, 0.29) is 17.3 Å². The summed E-state index contributed by atoms with van der Waals surface area (Å²) < 4.78 is 5.32. The second-order valence-electron chi connectivity index (χ2n) is 5.84. The Kier molecular flexibility index (Phi) is 5.46. The van der Waals surface area contributed by atoms with Crippen molar-refractivity contribution < 1.29 is 9.66 Å². The maximum absolute atomic E-state index is 11.7. The van der Waals surface area contributed by atoms with Crippen LogP contribution >= 0.6 is 0 Å². The highest BCUT2D eigenvalue weighted by molar-refractivity contribution is 5.76. The fraction of sp³-hybridized carbons (Fsp3) is 0.158. The van der Waals surface area contributed by atoms with Gasteiger partial charge < -0.3 is 15.4 Å². The van der Waals surface area contributed by atoms with Crippen molar-refractivity contribution in [3.05, 3.63) is 76.1 Å². The maximum atomic E-state index is 11.7. The summed E-state index contributed by atoms with van der Waals surface area (Å²) in [6, 6.07) is 15.1. The van der Waals surface area contributed by atoms with Gasteiger partial charge in [0.15, 0.2) is 0 Å². The number of rotatable bonds is 7.